The lowest BCUT2D eigenvalue weighted by Gasteiger charge is -2.39. The minimum Gasteiger partial charge on any atom is -0.481 e. The first-order valence-electron chi connectivity index (χ1n) is 6.29. The van der Waals surface area contributed by atoms with Gasteiger partial charge in [0.1, 0.15) is 5.82 Å². The van der Waals surface area contributed by atoms with Gasteiger partial charge in [-0.1, -0.05) is 6.07 Å². The van der Waals surface area contributed by atoms with E-state index in [2.05, 4.69) is 5.32 Å². The highest BCUT2D eigenvalue weighted by Gasteiger charge is 2.43. The minimum atomic E-state index is -0.986. The van der Waals surface area contributed by atoms with Crippen molar-refractivity contribution in [2.24, 2.45) is 5.41 Å². The Morgan fingerprint density at radius 3 is 2.50 bits per heavy atom. The van der Waals surface area contributed by atoms with Crippen molar-refractivity contribution in [3.05, 3.63) is 35.1 Å². The quantitative estimate of drug-likeness (QED) is 0.868. The van der Waals surface area contributed by atoms with Gasteiger partial charge in [-0.3, -0.25) is 4.79 Å². The fourth-order valence-corrected chi connectivity index (χ4v) is 1.61. The number of halogens is 1. The summed E-state index contributed by atoms with van der Waals surface area (Å²) < 4.78 is 13.1. The molecular weight excluding hydrogens is 259 g/mol. The van der Waals surface area contributed by atoms with Crippen molar-refractivity contribution in [1.29, 1.82) is 5.26 Å². The normalized spacial score (nSPS) is 12.0. The SMILES string of the molecule is CC(C)(NCc1ccc(F)cc1C#N)C(C)(C)C(=O)O. The second-order valence-corrected chi connectivity index (χ2v) is 5.82. The Morgan fingerprint density at radius 1 is 1.40 bits per heavy atom. The van der Waals surface area contributed by atoms with Crippen LogP contribution >= 0.6 is 0 Å². The molecule has 0 spiro atoms. The maximum atomic E-state index is 13.1. The smallest absolute Gasteiger partial charge is 0.310 e. The molecule has 0 saturated heterocycles. The van der Waals surface area contributed by atoms with Crippen molar-refractivity contribution in [2.75, 3.05) is 0 Å². The molecule has 0 atom stereocenters. The summed E-state index contributed by atoms with van der Waals surface area (Å²) in [5.74, 6) is -1.37. The summed E-state index contributed by atoms with van der Waals surface area (Å²) in [6.07, 6.45) is 0. The van der Waals surface area contributed by atoms with Crippen LogP contribution in [0.2, 0.25) is 0 Å². The van der Waals surface area contributed by atoms with Crippen LogP contribution in [0.4, 0.5) is 4.39 Å². The Labute approximate surface area is 118 Å². The van der Waals surface area contributed by atoms with Gasteiger partial charge in [0, 0.05) is 12.1 Å². The zero-order valence-corrected chi connectivity index (χ0v) is 12.1. The first kappa shape index (κ1) is 16.1. The highest BCUT2D eigenvalue weighted by Crippen LogP contribution is 2.31. The first-order valence-corrected chi connectivity index (χ1v) is 6.29. The van der Waals surface area contributed by atoms with E-state index in [1.54, 1.807) is 27.7 Å². The second kappa shape index (κ2) is 5.59. The van der Waals surface area contributed by atoms with E-state index >= 15 is 0 Å². The number of aliphatic carboxylic acids is 1. The zero-order valence-electron chi connectivity index (χ0n) is 12.1. The molecule has 0 fully saturated rings. The summed E-state index contributed by atoms with van der Waals surface area (Å²) in [6.45, 7) is 7.15. The van der Waals surface area contributed by atoms with Crippen LogP contribution < -0.4 is 5.32 Å². The molecule has 5 heteroatoms. The number of carboxylic acids is 1. The van der Waals surface area contributed by atoms with E-state index in [4.69, 9.17) is 5.26 Å². The number of nitrogens with zero attached hydrogens (tertiary/aromatic N) is 1. The first-order chi connectivity index (χ1) is 9.11. The molecule has 0 amide bonds. The van der Waals surface area contributed by atoms with Gasteiger partial charge in [0.15, 0.2) is 0 Å². The number of rotatable bonds is 5. The van der Waals surface area contributed by atoms with Gasteiger partial charge >= 0.3 is 5.97 Å². The molecule has 0 radical (unpaired) electrons. The molecule has 4 nitrogen and oxygen atoms in total. The van der Waals surface area contributed by atoms with Crippen molar-refractivity contribution in [2.45, 2.75) is 39.8 Å². The molecule has 108 valence electrons. The third-order valence-electron chi connectivity index (χ3n) is 4.01. The van der Waals surface area contributed by atoms with Crippen LogP contribution in [0.5, 0.6) is 0 Å². The van der Waals surface area contributed by atoms with E-state index in [-0.39, 0.29) is 5.56 Å². The van der Waals surface area contributed by atoms with Crippen LogP contribution in [0.3, 0.4) is 0 Å². The second-order valence-electron chi connectivity index (χ2n) is 5.82. The van der Waals surface area contributed by atoms with E-state index in [1.165, 1.54) is 18.2 Å². The number of hydrogen-bond acceptors (Lipinski definition) is 3. The molecule has 0 aliphatic heterocycles. The van der Waals surface area contributed by atoms with Gasteiger partial charge in [0.25, 0.3) is 0 Å². The maximum absolute atomic E-state index is 13.1. The molecule has 1 aromatic carbocycles. The van der Waals surface area contributed by atoms with Gasteiger partial charge in [-0.05, 0) is 45.4 Å². The van der Waals surface area contributed by atoms with Gasteiger partial charge in [-0.2, -0.15) is 5.26 Å². The predicted octanol–water partition coefficient (Wildman–Crippen LogP) is 2.68. The minimum absolute atomic E-state index is 0.251. The van der Waals surface area contributed by atoms with Gasteiger partial charge in [-0.15, -0.1) is 0 Å². The van der Waals surface area contributed by atoms with E-state index in [1.807, 2.05) is 6.07 Å². The lowest BCUT2D eigenvalue weighted by molar-refractivity contribution is -0.151. The summed E-state index contributed by atoms with van der Waals surface area (Å²) in [5, 5.41) is 21.4. The standard InChI is InChI=1S/C15H19FN2O2/c1-14(2,13(19)20)15(3,4)18-9-10-5-6-12(16)7-11(10)8-17/h5-7,18H,9H2,1-4H3,(H,19,20). The average molecular weight is 278 g/mol. The molecule has 0 saturated carbocycles. The summed E-state index contributed by atoms with van der Waals surface area (Å²) in [6, 6.07) is 5.93. The van der Waals surface area contributed by atoms with Crippen molar-refractivity contribution < 1.29 is 14.3 Å². The Bertz CT molecular complexity index is 559. The third kappa shape index (κ3) is 3.14. The molecule has 0 heterocycles. The number of nitrogens with one attached hydrogen (secondary N) is 1. The molecule has 2 N–H and O–H groups in total. The van der Waals surface area contributed by atoms with Crippen molar-refractivity contribution in [1.82, 2.24) is 5.32 Å². The van der Waals surface area contributed by atoms with E-state index in [9.17, 15) is 14.3 Å². The van der Waals surface area contributed by atoms with Crippen molar-refractivity contribution >= 4 is 5.97 Å². The highest BCUT2D eigenvalue weighted by atomic mass is 19.1. The highest BCUT2D eigenvalue weighted by molar-refractivity contribution is 5.75. The molecule has 0 bridgehead atoms. The lowest BCUT2D eigenvalue weighted by Crippen LogP contribution is -2.54. The molecule has 0 aliphatic carbocycles. The molecule has 20 heavy (non-hydrogen) atoms. The fourth-order valence-electron chi connectivity index (χ4n) is 1.61. The molecule has 0 aromatic heterocycles. The lowest BCUT2D eigenvalue weighted by atomic mass is 9.74. The predicted molar refractivity (Wildman–Crippen MR) is 73.5 cm³/mol. The van der Waals surface area contributed by atoms with Gasteiger partial charge in [0.2, 0.25) is 0 Å². The molecule has 1 rings (SSSR count). The summed E-state index contributed by atoms with van der Waals surface area (Å²) in [5.41, 5.74) is -0.788. The number of benzene rings is 1. The number of nitriles is 1. The summed E-state index contributed by atoms with van der Waals surface area (Å²) in [7, 11) is 0. The van der Waals surface area contributed by atoms with Crippen LogP contribution in [0, 0.1) is 22.6 Å². The third-order valence-corrected chi connectivity index (χ3v) is 4.01. The number of hydrogen-bond donors (Lipinski definition) is 2. The molecular formula is C15H19FN2O2. The Morgan fingerprint density at radius 2 is 2.00 bits per heavy atom. The van der Waals surface area contributed by atoms with Crippen molar-refractivity contribution in [3.63, 3.8) is 0 Å². The molecule has 0 unspecified atom stereocenters. The van der Waals surface area contributed by atoms with E-state index in [0.717, 1.165) is 0 Å². The van der Waals surface area contributed by atoms with Crippen LogP contribution in [0.1, 0.15) is 38.8 Å². The van der Waals surface area contributed by atoms with Crippen LogP contribution in [-0.4, -0.2) is 16.6 Å². The summed E-state index contributed by atoms with van der Waals surface area (Å²) >= 11 is 0. The van der Waals surface area contributed by atoms with Gasteiger partial charge < -0.3 is 10.4 Å². The monoisotopic (exact) mass is 278 g/mol. The Balaban J connectivity index is 2.92. The van der Waals surface area contributed by atoms with E-state index in [0.29, 0.717) is 12.1 Å². The Hall–Kier alpha value is -1.93. The Kier molecular flexibility index (Phi) is 4.51. The maximum Gasteiger partial charge on any atom is 0.310 e. The van der Waals surface area contributed by atoms with E-state index < -0.39 is 22.7 Å². The summed E-state index contributed by atoms with van der Waals surface area (Å²) in [4.78, 5) is 11.3. The van der Waals surface area contributed by atoms with Gasteiger partial charge in [0.05, 0.1) is 17.0 Å². The zero-order chi connectivity index (χ0) is 15.6. The average Bonchev–Trinajstić information content (AvgIpc) is 2.36. The molecule has 1 aromatic rings. The van der Waals surface area contributed by atoms with Crippen LogP contribution in [0.15, 0.2) is 18.2 Å². The largest absolute Gasteiger partial charge is 0.481 e. The fraction of sp³-hybridized carbons (Fsp3) is 0.467. The van der Waals surface area contributed by atoms with Crippen LogP contribution in [-0.2, 0) is 11.3 Å². The number of carboxylic acid groups (broad SMARTS) is 1. The molecule has 0 aliphatic rings. The van der Waals surface area contributed by atoms with Crippen molar-refractivity contribution in [3.8, 4) is 6.07 Å². The topological polar surface area (TPSA) is 73.1 Å². The number of carbonyl (C=O) groups is 1. The van der Waals surface area contributed by atoms with Gasteiger partial charge in [-0.25, -0.2) is 4.39 Å². The van der Waals surface area contributed by atoms with Crippen LogP contribution in [0.25, 0.3) is 0 Å².